The molecule has 2 rings (SSSR count). The van der Waals surface area contributed by atoms with Crippen LogP contribution in [0.2, 0.25) is 0 Å². The molecular formula is C14H20N2O2S. The predicted molar refractivity (Wildman–Crippen MR) is 76.1 cm³/mol. The van der Waals surface area contributed by atoms with Crippen molar-refractivity contribution in [3.8, 4) is 0 Å². The lowest BCUT2D eigenvalue weighted by atomic mass is 10.0. The van der Waals surface area contributed by atoms with E-state index in [1.807, 2.05) is 29.3 Å². The number of carbonyl (C=O) groups is 2. The number of nitrogens with zero attached hydrogens (tertiary/aromatic N) is 1. The first-order chi connectivity index (χ1) is 9.19. The van der Waals surface area contributed by atoms with Gasteiger partial charge in [-0.3, -0.25) is 9.59 Å². The summed E-state index contributed by atoms with van der Waals surface area (Å²) in [6.45, 7) is 3.41. The summed E-state index contributed by atoms with van der Waals surface area (Å²) in [7, 11) is 0. The fourth-order valence-corrected chi connectivity index (χ4v) is 3.05. The fraction of sp³-hybridized carbons (Fsp3) is 0.571. The Morgan fingerprint density at radius 2 is 2.16 bits per heavy atom. The molecule has 0 bridgehead atoms. The van der Waals surface area contributed by atoms with Crippen LogP contribution in [0.5, 0.6) is 0 Å². The number of hydrogen-bond donors (Lipinski definition) is 1. The van der Waals surface area contributed by atoms with Crippen molar-refractivity contribution in [2.24, 2.45) is 0 Å². The summed E-state index contributed by atoms with van der Waals surface area (Å²) in [5.41, 5.74) is 0. The normalized spacial score (nSPS) is 16.4. The van der Waals surface area contributed by atoms with Gasteiger partial charge in [0, 0.05) is 30.4 Å². The molecule has 2 heterocycles. The first-order valence-electron chi connectivity index (χ1n) is 6.78. The second kappa shape index (κ2) is 6.70. The number of thiophene rings is 1. The molecule has 1 fully saturated rings. The Balaban J connectivity index is 1.73. The molecule has 0 spiro atoms. The molecule has 1 N–H and O–H groups in total. The predicted octanol–water partition coefficient (Wildman–Crippen LogP) is 1.81. The van der Waals surface area contributed by atoms with Crippen molar-refractivity contribution >= 4 is 23.2 Å². The van der Waals surface area contributed by atoms with E-state index in [2.05, 4.69) is 5.32 Å². The third kappa shape index (κ3) is 4.06. The van der Waals surface area contributed by atoms with Gasteiger partial charge >= 0.3 is 0 Å². The van der Waals surface area contributed by atoms with E-state index in [-0.39, 0.29) is 17.9 Å². The lowest BCUT2D eigenvalue weighted by molar-refractivity contribution is -0.132. The van der Waals surface area contributed by atoms with Crippen LogP contribution >= 0.6 is 11.3 Å². The van der Waals surface area contributed by atoms with Gasteiger partial charge in [-0.1, -0.05) is 13.0 Å². The Morgan fingerprint density at radius 1 is 1.42 bits per heavy atom. The molecule has 0 aliphatic carbocycles. The van der Waals surface area contributed by atoms with E-state index < -0.39 is 0 Å². The van der Waals surface area contributed by atoms with Crippen molar-refractivity contribution in [2.45, 2.75) is 38.6 Å². The zero-order valence-corrected chi connectivity index (χ0v) is 12.0. The summed E-state index contributed by atoms with van der Waals surface area (Å²) in [6.07, 6.45) is 2.75. The van der Waals surface area contributed by atoms with Crippen molar-refractivity contribution in [1.29, 1.82) is 0 Å². The molecule has 0 aromatic carbocycles. The van der Waals surface area contributed by atoms with Crippen LogP contribution in [0.15, 0.2) is 17.5 Å². The number of nitrogens with one attached hydrogen (secondary N) is 1. The lowest BCUT2D eigenvalue weighted by Gasteiger charge is -2.32. The standard InChI is InChI=1S/C14H20N2O2S/c1-2-14(18)16-7-5-11(6-8-16)15-13(17)10-12-4-3-9-19-12/h3-4,9,11H,2,5-8,10H2,1H3,(H,15,17). The van der Waals surface area contributed by atoms with Gasteiger partial charge in [0.2, 0.25) is 11.8 Å². The van der Waals surface area contributed by atoms with Crippen LogP contribution in [0.1, 0.15) is 31.1 Å². The molecule has 0 unspecified atom stereocenters. The van der Waals surface area contributed by atoms with Crippen molar-refractivity contribution in [3.05, 3.63) is 22.4 Å². The third-order valence-electron chi connectivity index (χ3n) is 3.43. The Kier molecular flexibility index (Phi) is 4.96. The third-order valence-corrected chi connectivity index (χ3v) is 4.31. The van der Waals surface area contributed by atoms with E-state index in [0.717, 1.165) is 30.8 Å². The molecule has 1 saturated heterocycles. The maximum absolute atomic E-state index is 11.9. The Hall–Kier alpha value is -1.36. The molecule has 1 aliphatic rings. The van der Waals surface area contributed by atoms with Crippen LogP contribution in [0.3, 0.4) is 0 Å². The van der Waals surface area contributed by atoms with Crippen molar-refractivity contribution in [2.75, 3.05) is 13.1 Å². The molecule has 19 heavy (non-hydrogen) atoms. The topological polar surface area (TPSA) is 49.4 Å². The first kappa shape index (κ1) is 14.1. The number of carbonyl (C=O) groups excluding carboxylic acids is 2. The molecule has 1 aromatic rings. The molecule has 4 nitrogen and oxygen atoms in total. The molecule has 0 saturated carbocycles. The van der Waals surface area contributed by atoms with Crippen LogP contribution in [-0.2, 0) is 16.0 Å². The van der Waals surface area contributed by atoms with Gasteiger partial charge in [0.1, 0.15) is 0 Å². The zero-order valence-electron chi connectivity index (χ0n) is 11.2. The van der Waals surface area contributed by atoms with Gasteiger partial charge in [-0.2, -0.15) is 0 Å². The van der Waals surface area contributed by atoms with E-state index in [0.29, 0.717) is 12.8 Å². The number of amides is 2. The monoisotopic (exact) mass is 280 g/mol. The molecule has 2 amide bonds. The number of likely N-dealkylation sites (tertiary alicyclic amines) is 1. The average Bonchev–Trinajstić information content (AvgIpc) is 2.91. The highest BCUT2D eigenvalue weighted by Gasteiger charge is 2.22. The second-order valence-electron chi connectivity index (χ2n) is 4.83. The highest BCUT2D eigenvalue weighted by atomic mass is 32.1. The second-order valence-corrected chi connectivity index (χ2v) is 5.86. The summed E-state index contributed by atoms with van der Waals surface area (Å²) in [6, 6.07) is 4.16. The number of hydrogen-bond acceptors (Lipinski definition) is 3. The highest BCUT2D eigenvalue weighted by molar-refractivity contribution is 7.10. The van der Waals surface area contributed by atoms with E-state index in [9.17, 15) is 9.59 Å². The summed E-state index contributed by atoms with van der Waals surface area (Å²) in [5.74, 6) is 0.297. The molecular weight excluding hydrogens is 260 g/mol. The highest BCUT2D eigenvalue weighted by Crippen LogP contribution is 2.13. The van der Waals surface area contributed by atoms with Crippen LogP contribution in [-0.4, -0.2) is 35.8 Å². The fourth-order valence-electron chi connectivity index (χ4n) is 2.35. The van der Waals surface area contributed by atoms with Gasteiger partial charge in [0.25, 0.3) is 0 Å². The first-order valence-corrected chi connectivity index (χ1v) is 7.66. The minimum Gasteiger partial charge on any atom is -0.353 e. The van der Waals surface area contributed by atoms with E-state index in [4.69, 9.17) is 0 Å². The van der Waals surface area contributed by atoms with Gasteiger partial charge in [-0.15, -0.1) is 11.3 Å². The molecule has 0 radical (unpaired) electrons. The minimum atomic E-state index is 0.0859. The van der Waals surface area contributed by atoms with E-state index in [1.54, 1.807) is 11.3 Å². The number of rotatable bonds is 4. The molecule has 1 aromatic heterocycles. The maximum atomic E-state index is 11.9. The van der Waals surface area contributed by atoms with Crippen LogP contribution in [0.4, 0.5) is 0 Å². The maximum Gasteiger partial charge on any atom is 0.225 e. The molecule has 0 atom stereocenters. The minimum absolute atomic E-state index is 0.0859. The average molecular weight is 280 g/mol. The van der Waals surface area contributed by atoms with E-state index >= 15 is 0 Å². The summed E-state index contributed by atoms with van der Waals surface area (Å²) >= 11 is 1.61. The van der Waals surface area contributed by atoms with Crippen LogP contribution in [0, 0.1) is 0 Å². The Bertz CT molecular complexity index is 423. The van der Waals surface area contributed by atoms with Crippen LogP contribution in [0.25, 0.3) is 0 Å². The van der Waals surface area contributed by atoms with Gasteiger partial charge in [-0.25, -0.2) is 0 Å². The van der Waals surface area contributed by atoms with Crippen molar-refractivity contribution in [1.82, 2.24) is 10.2 Å². The quantitative estimate of drug-likeness (QED) is 0.914. The van der Waals surface area contributed by atoms with Gasteiger partial charge in [0.15, 0.2) is 0 Å². The summed E-state index contributed by atoms with van der Waals surface area (Å²) in [4.78, 5) is 26.4. The Labute approximate surface area is 117 Å². The van der Waals surface area contributed by atoms with Gasteiger partial charge in [-0.05, 0) is 24.3 Å². The largest absolute Gasteiger partial charge is 0.353 e. The molecule has 1 aliphatic heterocycles. The summed E-state index contributed by atoms with van der Waals surface area (Å²) < 4.78 is 0. The lowest BCUT2D eigenvalue weighted by Crippen LogP contribution is -2.46. The number of piperidine rings is 1. The van der Waals surface area contributed by atoms with Gasteiger partial charge < -0.3 is 10.2 Å². The SMILES string of the molecule is CCC(=O)N1CCC(NC(=O)Cc2cccs2)CC1. The summed E-state index contributed by atoms with van der Waals surface area (Å²) in [5, 5.41) is 5.05. The van der Waals surface area contributed by atoms with Crippen molar-refractivity contribution < 1.29 is 9.59 Å². The Morgan fingerprint density at radius 3 is 2.74 bits per heavy atom. The zero-order chi connectivity index (χ0) is 13.7. The van der Waals surface area contributed by atoms with E-state index in [1.165, 1.54) is 0 Å². The van der Waals surface area contributed by atoms with Gasteiger partial charge in [0.05, 0.1) is 6.42 Å². The molecule has 104 valence electrons. The van der Waals surface area contributed by atoms with Crippen LogP contribution < -0.4 is 5.32 Å². The van der Waals surface area contributed by atoms with Crippen molar-refractivity contribution in [3.63, 3.8) is 0 Å². The smallest absolute Gasteiger partial charge is 0.225 e. The molecule has 5 heteroatoms.